The van der Waals surface area contributed by atoms with E-state index in [9.17, 15) is 10.1 Å². The van der Waals surface area contributed by atoms with Gasteiger partial charge in [0.25, 0.3) is 5.69 Å². The molecule has 0 bridgehead atoms. The van der Waals surface area contributed by atoms with Gasteiger partial charge in [0.15, 0.2) is 17.0 Å². The summed E-state index contributed by atoms with van der Waals surface area (Å²) in [5.41, 5.74) is 2.61. The molecule has 0 saturated carbocycles. The van der Waals surface area contributed by atoms with Crippen LogP contribution in [0.5, 0.6) is 0 Å². The van der Waals surface area contributed by atoms with Gasteiger partial charge in [0.2, 0.25) is 0 Å². The summed E-state index contributed by atoms with van der Waals surface area (Å²) in [6, 6.07) is 12.4. The Bertz CT molecular complexity index is 1140. The molecule has 0 aliphatic rings. The van der Waals surface area contributed by atoms with Crippen molar-refractivity contribution in [2.24, 2.45) is 0 Å². The smallest absolute Gasteiger partial charge is 0.295 e. The van der Waals surface area contributed by atoms with Crippen LogP contribution in [0.2, 0.25) is 0 Å². The number of aromatic nitrogens is 4. The molecule has 3 heterocycles. The highest BCUT2D eigenvalue weighted by Gasteiger charge is 2.18. The molecule has 0 spiro atoms. The molecule has 3 aromatic heterocycles. The lowest BCUT2D eigenvalue weighted by atomic mass is 10.1. The number of nitrogens with zero attached hydrogens (tertiary/aromatic N) is 5. The van der Waals surface area contributed by atoms with E-state index in [1.807, 2.05) is 54.8 Å². The summed E-state index contributed by atoms with van der Waals surface area (Å²) in [6.45, 7) is 3.79. The van der Waals surface area contributed by atoms with Gasteiger partial charge in [0, 0.05) is 29.0 Å². The number of aryl methyl sites for hydroxylation is 1. The van der Waals surface area contributed by atoms with Gasteiger partial charge < -0.3 is 5.32 Å². The highest BCUT2D eigenvalue weighted by molar-refractivity contribution is 5.96. The molecule has 1 atom stereocenters. The Kier molecular flexibility index (Phi) is 3.72. The normalized spacial score (nSPS) is 12.4. The van der Waals surface area contributed by atoms with Crippen molar-refractivity contribution in [3.63, 3.8) is 0 Å². The molecule has 1 N–H and O–H groups in total. The Hall–Kier alpha value is -3.55. The predicted molar refractivity (Wildman–Crippen MR) is 98.2 cm³/mol. The summed E-state index contributed by atoms with van der Waals surface area (Å²) >= 11 is 0. The maximum Gasteiger partial charge on any atom is 0.295 e. The zero-order chi connectivity index (χ0) is 18.3. The highest BCUT2D eigenvalue weighted by Crippen LogP contribution is 2.31. The second-order valence-electron chi connectivity index (χ2n) is 6.09. The van der Waals surface area contributed by atoms with Gasteiger partial charge >= 0.3 is 0 Å². The summed E-state index contributed by atoms with van der Waals surface area (Å²) in [4.78, 5) is 15.3. The fraction of sp³-hybridized carbons (Fsp3) is 0.167. The van der Waals surface area contributed by atoms with Crippen LogP contribution in [0.1, 0.15) is 24.5 Å². The molecule has 26 heavy (non-hydrogen) atoms. The molecular formula is C18H16N6O2. The third-order valence-corrected chi connectivity index (χ3v) is 4.24. The van der Waals surface area contributed by atoms with Crippen molar-refractivity contribution >= 4 is 27.9 Å². The van der Waals surface area contributed by atoms with Crippen molar-refractivity contribution in [2.75, 3.05) is 5.32 Å². The van der Waals surface area contributed by atoms with E-state index in [0.29, 0.717) is 16.6 Å². The first-order valence-electron chi connectivity index (χ1n) is 8.15. The number of para-hydroxylation sites is 1. The van der Waals surface area contributed by atoms with Crippen LogP contribution in [0.4, 0.5) is 11.4 Å². The number of hydrogen-bond acceptors (Lipinski definition) is 6. The van der Waals surface area contributed by atoms with Gasteiger partial charge in [-0.1, -0.05) is 18.2 Å². The second-order valence-corrected chi connectivity index (χ2v) is 6.09. The molecule has 0 radical (unpaired) electrons. The van der Waals surface area contributed by atoms with Crippen LogP contribution in [0, 0.1) is 17.0 Å². The van der Waals surface area contributed by atoms with Crippen molar-refractivity contribution in [3.8, 4) is 0 Å². The maximum atomic E-state index is 11.3. The number of nitro benzene ring substituents is 1. The Morgan fingerprint density at radius 2 is 2.04 bits per heavy atom. The van der Waals surface area contributed by atoms with Crippen molar-refractivity contribution in [3.05, 3.63) is 70.3 Å². The van der Waals surface area contributed by atoms with E-state index >= 15 is 0 Å². The van der Waals surface area contributed by atoms with Gasteiger partial charge in [-0.25, -0.2) is 4.98 Å². The van der Waals surface area contributed by atoms with Crippen molar-refractivity contribution in [2.45, 2.75) is 19.9 Å². The predicted octanol–water partition coefficient (Wildman–Crippen LogP) is 3.67. The Labute approximate surface area is 148 Å². The first-order valence-corrected chi connectivity index (χ1v) is 8.15. The molecule has 4 rings (SSSR count). The number of nitrogens with one attached hydrogen (secondary N) is 1. The van der Waals surface area contributed by atoms with E-state index in [1.54, 1.807) is 6.07 Å². The molecule has 1 unspecified atom stereocenters. The third-order valence-electron chi connectivity index (χ3n) is 4.24. The van der Waals surface area contributed by atoms with E-state index in [-0.39, 0.29) is 11.7 Å². The lowest BCUT2D eigenvalue weighted by Gasteiger charge is -2.16. The molecule has 0 fully saturated rings. The number of anilines is 1. The molecule has 8 heteroatoms. The molecule has 0 saturated heterocycles. The topological polar surface area (TPSA) is 98.2 Å². The number of nitro groups is 1. The van der Waals surface area contributed by atoms with E-state index in [2.05, 4.69) is 20.5 Å². The first-order chi connectivity index (χ1) is 12.5. The lowest BCUT2D eigenvalue weighted by molar-refractivity contribution is -0.383. The summed E-state index contributed by atoms with van der Waals surface area (Å²) in [6.07, 6.45) is 1.91. The lowest BCUT2D eigenvalue weighted by Crippen LogP contribution is -2.11. The zero-order valence-corrected chi connectivity index (χ0v) is 14.2. The van der Waals surface area contributed by atoms with Crippen LogP contribution in [-0.4, -0.2) is 24.5 Å². The molecule has 0 aliphatic heterocycles. The maximum absolute atomic E-state index is 11.3. The van der Waals surface area contributed by atoms with E-state index < -0.39 is 4.92 Å². The monoisotopic (exact) mass is 348 g/mol. The minimum atomic E-state index is -0.409. The molecule has 0 aliphatic carbocycles. The van der Waals surface area contributed by atoms with Gasteiger partial charge in [-0.15, -0.1) is 10.2 Å². The molecule has 8 nitrogen and oxygen atoms in total. The minimum absolute atomic E-state index is 0.00479. The first kappa shape index (κ1) is 15.9. The van der Waals surface area contributed by atoms with E-state index in [0.717, 1.165) is 17.2 Å². The second kappa shape index (κ2) is 6.07. The summed E-state index contributed by atoms with van der Waals surface area (Å²) in [7, 11) is 0. The number of fused-ring (bicyclic) bond motifs is 2. The number of non-ortho nitro benzene ring substituents is 1. The van der Waals surface area contributed by atoms with Crippen LogP contribution in [0.3, 0.4) is 0 Å². The standard InChI is InChI=1S/C18H16N6O2/c1-11-10-14(13-6-5-7-15(24(25)26)17(13)19-11)20-12(2)18-22-21-16-8-3-4-9-23(16)18/h3-10,12H,1-2H3,(H,19,20). The zero-order valence-electron chi connectivity index (χ0n) is 14.2. The van der Waals surface area contributed by atoms with Crippen LogP contribution in [-0.2, 0) is 0 Å². The van der Waals surface area contributed by atoms with Crippen molar-refractivity contribution < 1.29 is 4.92 Å². The SMILES string of the molecule is Cc1cc(NC(C)c2nnc3ccccn23)c2cccc([N+](=O)[O-])c2n1. The van der Waals surface area contributed by atoms with Crippen LogP contribution in [0.25, 0.3) is 16.6 Å². The molecule has 0 amide bonds. The molecule has 4 aromatic rings. The van der Waals surface area contributed by atoms with Crippen LogP contribution in [0.15, 0.2) is 48.7 Å². The quantitative estimate of drug-likeness (QED) is 0.446. The summed E-state index contributed by atoms with van der Waals surface area (Å²) < 4.78 is 1.91. The number of pyridine rings is 2. The fourth-order valence-electron chi connectivity index (χ4n) is 3.08. The fourth-order valence-corrected chi connectivity index (χ4v) is 3.08. The summed E-state index contributed by atoms with van der Waals surface area (Å²) in [5.74, 6) is 0.758. The molecule has 1 aromatic carbocycles. The van der Waals surface area contributed by atoms with Crippen molar-refractivity contribution in [1.29, 1.82) is 0 Å². The Morgan fingerprint density at radius 3 is 2.85 bits per heavy atom. The average Bonchev–Trinajstić information content (AvgIpc) is 3.05. The van der Waals surface area contributed by atoms with Crippen LogP contribution >= 0.6 is 0 Å². The van der Waals surface area contributed by atoms with Gasteiger partial charge in [-0.3, -0.25) is 14.5 Å². The Morgan fingerprint density at radius 1 is 1.19 bits per heavy atom. The third kappa shape index (κ3) is 2.61. The molecular weight excluding hydrogens is 332 g/mol. The van der Waals surface area contributed by atoms with E-state index in [4.69, 9.17) is 0 Å². The van der Waals surface area contributed by atoms with Gasteiger partial charge in [-0.2, -0.15) is 0 Å². The van der Waals surface area contributed by atoms with Crippen molar-refractivity contribution in [1.82, 2.24) is 19.6 Å². The Balaban J connectivity index is 1.79. The van der Waals surface area contributed by atoms with E-state index in [1.165, 1.54) is 6.07 Å². The number of hydrogen-bond donors (Lipinski definition) is 1. The van der Waals surface area contributed by atoms with Crippen LogP contribution < -0.4 is 5.32 Å². The summed E-state index contributed by atoms with van der Waals surface area (Å²) in [5, 5.41) is 23.9. The minimum Gasteiger partial charge on any atom is -0.375 e. The highest BCUT2D eigenvalue weighted by atomic mass is 16.6. The number of benzene rings is 1. The van der Waals surface area contributed by atoms with Gasteiger partial charge in [0.1, 0.15) is 0 Å². The molecule has 130 valence electrons. The van der Waals surface area contributed by atoms with Gasteiger partial charge in [-0.05, 0) is 32.0 Å². The number of rotatable bonds is 4. The average molecular weight is 348 g/mol. The van der Waals surface area contributed by atoms with Gasteiger partial charge in [0.05, 0.1) is 11.0 Å². The largest absolute Gasteiger partial charge is 0.375 e.